The first kappa shape index (κ1) is 9.43. The van der Waals surface area contributed by atoms with Crippen molar-refractivity contribution in [2.45, 2.75) is 0 Å². The van der Waals surface area contributed by atoms with Gasteiger partial charge in [0.2, 0.25) is 5.28 Å². The van der Waals surface area contributed by atoms with Crippen LogP contribution in [0.25, 0.3) is 5.69 Å². The summed E-state index contributed by atoms with van der Waals surface area (Å²) in [6.07, 6.45) is 1.36. The second kappa shape index (κ2) is 3.55. The molecule has 3 nitrogen and oxygen atoms in total. The normalized spacial score (nSPS) is 10.5. The van der Waals surface area contributed by atoms with Crippen LogP contribution in [-0.4, -0.2) is 14.8 Å². The van der Waals surface area contributed by atoms with Crippen molar-refractivity contribution >= 4 is 23.2 Å². The number of benzene rings is 1. The van der Waals surface area contributed by atoms with Crippen molar-refractivity contribution in [2.24, 2.45) is 0 Å². The van der Waals surface area contributed by atoms with Crippen LogP contribution in [0.5, 0.6) is 0 Å². The molecule has 0 spiro atoms. The monoisotopic (exact) mass is 231 g/mol. The molecular formula is C8H4Cl2FN3. The van der Waals surface area contributed by atoms with E-state index < -0.39 is 5.82 Å². The van der Waals surface area contributed by atoms with E-state index in [0.29, 0.717) is 10.7 Å². The summed E-state index contributed by atoms with van der Waals surface area (Å²) < 4.78 is 14.3. The number of hydrogen-bond donors (Lipinski definition) is 0. The van der Waals surface area contributed by atoms with E-state index in [1.54, 1.807) is 0 Å². The highest BCUT2D eigenvalue weighted by Crippen LogP contribution is 2.23. The minimum atomic E-state index is -0.394. The maximum atomic E-state index is 12.9. The Labute approximate surface area is 89.1 Å². The molecular weight excluding hydrogens is 228 g/mol. The maximum Gasteiger partial charge on any atom is 0.229 e. The highest BCUT2D eigenvalue weighted by Gasteiger charge is 2.08. The van der Waals surface area contributed by atoms with Crippen molar-refractivity contribution < 1.29 is 4.39 Å². The zero-order chi connectivity index (χ0) is 10.1. The molecule has 0 amide bonds. The molecule has 0 saturated carbocycles. The zero-order valence-electron chi connectivity index (χ0n) is 6.78. The van der Waals surface area contributed by atoms with Gasteiger partial charge in [-0.15, -0.1) is 10.2 Å². The number of hydrogen-bond acceptors (Lipinski definition) is 2. The van der Waals surface area contributed by atoms with Crippen LogP contribution in [0.1, 0.15) is 0 Å². The zero-order valence-corrected chi connectivity index (χ0v) is 8.30. The highest BCUT2D eigenvalue weighted by atomic mass is 35.5. The predicted molar refractivity (Wildman–Crippen MR) is 51.3 cm³/mol. The van der Waals surface area contributed by atoms with Crippen molar-refractivity contribution in [1.82, 2.24) is 14.8 Å². The standard InChI is InChI=1S/C8H4Cl2FN3/c9-6-2-1-5(11)3-7(6)14-4-12-13-8(14)10/h1-4H. The van der Waals surface area contributed by atoms with Crippen molar-refractivity contribution in [1.29, 1.82) is 0 Å². The molecule has 1 aromatic heterocycles. The van der Waals surface area contributed by atoms with Gasteiger partial charge in [-0.25, -0.2) is 4.39 Å². The lowest BCUT2D eigenvalue weighted by molar-refractivity contribution is 0.626. The molecule has 0 radical (unpaired) electrons. The Morgan fingerprint density at radius 1 is 1.29 bits per heavy atom. The number of halogens is 3. The lowest BCUT2D eigenvalue weighted by Gasteiger charge is -2.04. The molecule has 2 aromatic rings. The molecule has 1 aromatic carbocycles. The highest BCUT2D eigenvalue weighted by molar-refractivity contribution is 6.33. The quantitative estimate of drug-likeness (QED) is 0.756. The maximum absolute atomic E-state index is 12.9. The predicted octanol–water partition coefficient (Wildman–Crippen LogP) is 2.71. The van der Waals surface area contributed by atoms with Gasteiger partial charge in [0.15, 0.2) is 0 Å². The molecule has 1 heterocycles. The first-order chi connectivity index (χ1) is 6.68. The van der Waals surface area contributed by atoms with E-state index in [1.807, 2.05) is 0 Å². The first-order valence-corrected chi connectivity index (χ1v) is 4.45. The van der Waals surface area contributed by atoms with Crippen LogP contribution in [0.2, 0.25) is 10.3 Å². The van der Waals surface area contributed by atoms with Crippen LogP contribution in [-0.2, 0) is 0 Å². The molecule has 6 heteroatoms. The second-order valence-electron chi connectivity index (χ2n) is 2.57. The van der Waals surface area contributed by atoms with Gasteiger partial charge in [0.05, 0.1) is 10.7 Å². The van der Waals surface area contributed by atoms with Gasteiger partial charge < -0.3 is 0 Å². The van der Waals surface area contributed by atoms with Gasteiger partial charge in [-0.2, -0.15) is 0 Å². The van der Waals surface area contributed by atoms with Gasteiger partial charge in [-0.1, -0.05) is 11.6 Å². The summed E-state index contributed by atoms with van der Waals surface area (Å²) in [5, 5.41) is 7.65. The summed E-state index contributed by atoms with van der Waals surface area (Å²) in [6.45, 7) is 0. The third kappa shape index (κ3) is 1.58. The number of rotatable bonds is 1. The Balaban J connectivity index is 2.62. The van der Waals surface area contributed by atoms with Gasteiger partial charge in [0.25, 0.3) is 0 Å². The molecule has 0 N–H and O–H groups in total. The van der Waals surface area contributed by atoms with Crippen LogP contribution in [0.3, 0.4) is 0 Å². The number of aromatic nitrogens is 3. The average Bonchev–Trinajstić information content (AvgIpc) is 2.56. The van der Waals surface area contributed by atoms with Gasteiger partial charge in [0, 0.05) is 0 Å². The molecule has 0 fully saturated rings. The van der Waals surface area contributed by atoms with Crippen LogP contribution < -0.4 is 0 Å². The lowest BCUT2D eigenvalue weighted by Crippen LogP contribution is -1.94. The fourth-order valence-corrected chi connectivity index (χ4v) is 1.44. The van der Waals surface area contributed by atoms with E-state index in [9.17, 15) is 4.39 Å². The Kier molecular flexibility index (Phi) is 2.39. The fourth-order valence-electron chi connectivity index (χ4n) is 1.05. The van der Waals surface area contributed by atoms with Crippen molar-refractivity contribution in [3.8, 4) is 5.69 Å². The van der Waals surface area contributed by atoms with Crippen molar-refractivity contribution in [3.05, 3.63) is 40.6 Å². The fraction of sp³-hybridized carbons (Fsp3) is 0. The lowest BCUT2D eigenvalue weighted by atomic mass is 10.3. The van der Waals surface area contributed by atoms with Crippen LogP contribution in [0.4, 0.5) is 4.39 Å². The molecule has 14 heavy (non-hydrogen) atoms. The van der Waals surface area contributed by atoms with Crippen LogP contribution in [0.15, 0.2) is 24.5 Å². The molecule has 2 rings (SSSR count). The first-order valence-electron chi connectivity index (χ1n) is 3.69. The van der Waals surface area contributed by atoms with E-state index in [4.69, 9.17) is 23.2 Å². The molecule has 0 aliphatic heterocycles. The Bertz CT molecular complexity index is 469. The summed E-state index contributed by atoms with van der Waals surface area (Å²) in [6, 6.07) is 3.98. The summed E-state index contributed by atoms with van der Waals surface area (Å²) in [7, 11) is 0. The van der Waals surface area contributed by atoms with Gasteiger partial charge in [-0.05, 0) is 29.8 Å². The second-order valence-corrected chi connectivity index (χ2v) is 3.31. The summed E-state index contributed by atoms with van der Waals surface area (Å²) in [5.41, 5.74) is 0.418. The molecule has 72 valence electrons. The van der Waals surface area contributed by atoms with E-state index in [0.717, 1.165) is 0 Å². The van der Waals surface area contributed by atoms with Crippen molar-refractivity contribution in [2.75, 3.05) is 0 Å². The largest absolute Gasteiger partial charge is 0.271 e. The minimum absolute atomic E-state index is 0.137. The Morgan fingerprint density at radius 2 is 2.07 bits per heavy atom. The number of nitrogens with zero attached hydrogens (tertiary/aromatic N) is 3. The average molecular weight is 232 g/mol. The van der Waals surface area contributed by atoms with Gasteiger partial charge >= 0.3 is 0 Å². The smallest absolute Gasteiger partial charge is 0.229 e. The summed E-state index contributed by atoms with van der Waals surface area (Å²) >= 11 is 11.6. The molecule has 0 atom stereocenters. The van der Waals surface area contributed by atoms with Crippen LogP contribution in [0, 0.1) is 5.82 Å². The SMILES string of the molecule is Fc1ccc(Cl)c(-n2cnnc2Cl)c1. The summed E-state index contributed by atoms with van der Waals surface area (Å²) in [5.74, 6) is -0.394. The Morgan fingerprint density at radius 3 is 2.71 bits per heavy atom. The van der Waals surface area contributed by atoms with Gasteiger partial charge in [-0.3, -0.25) is 4.57 Å². The minimum Gasteiger partial charge on any atom is -0.271 e. The topological polar surface area (TPSA) is 30.7 Å². The molecule has 0 unspecified atom stereocenters. The van der Waals surface area contributed by atoms with Crippen LogP contribution >= 0.6 is 23.2 Å². The van der Waals surface area contributed by atoms with E-state index in [-0.39, 0.29) is 5.28 Å². The molecule has 0 aliphatic carbocycles. The van der Waals surface area contributed by atoms with E-state index in [2.05, 4.69) is 10.2 Å². The Hall–Kier alpha value is -1.13. The molecule has 0 bridgehead atoms. The molecule has 0 aliphatic rings. The third-order valence-corrected chi connectivity index (χ3v) is 2.25. The van der Waals surface area contributed by atoms with Gasteiger partial charge in [0.1, 0.15) is 12.1 Å². The third-order valence-electron chi connectivity index (χ3n) is 1.67. The van der Waals surface area contributed by atoms with E-state index in [1.165, 1.54) is 29.1 Å². The summed E-state index contributed by atoms with van der Waals surface area (Å²) in [4.78, 5) is 0. The van der Waals surface area contributed by atoms with Crippen molar-refractivity contribution in [3.63, 3.8) is 0 Å². The molecule has 0 saturated heterocycles. The van der Waals surface area contributed by atoms with E-state index >= 15 is 0 Å².